The van der Waals surface area contributed by atoms with Crippen LogP contribution in [0.1, 0.15) is 19.8 Å². The Morgan fingerprint density at radius 1 is 1.42 bits per heavy atom. The number of piperazine rings is 1. The number of nitrogens with one attached hydrogen (secondary N) is 3. The molecule has 1 saturated carbocycles. The molecule has 1 aliphatic heterocycles. The molecule has 3 rings (SSSR count). The van der Waals surface area contributed by atoms with Gasteiger partial charge in [-0.05, 0) is 31.0 Å². The van der Waals surface area contributed by atoms with E-state index < -0.39 is 0 Å². The third-order valence-corrected chi connectivity index (χ3v) is 5.02. The smallest absolute Gasteiger partial charge is 0.293 e. The van der Waals surface area contributed by atoms with Gasteiger partial charge < -0.3 is 25.7 Å². The van der Waals surface area contributed by atoms with Crippen LogP contribution in [0.4, 0.5) is 5.69 Å². The third-order valence-electron chi connectivity index (χ3n) is 4.78. The first-order valence-electron chi connectivity index (χ1n) is 8.91. The Labute approximate surface area is 159 Å². The number of hydrogen-bond donors (Lipinski definition) is 3. The van der Waals surface area contributed by atoms with Crippen molar-refractivity contribution in [1.82, 2.24) is 10.2 Å². The first-order valence-corrected chi connectivity index (χ1v) is 9.29. The number of rotatable bonds is 7. The molecule has 3 N–H and O–H groups in total. The fourth-order valence-corrected chi connectivity index (χ4v) is 3.01. The van der Waals surface area contributed by atoms with Crippen molar-refractivity contribution >= 4 is 29.4 Å². The number of nitrogens with zero attached hydrogens (tertiary/aromatic N) is 1. The number of allylic oxidation sites excluding steroid dienone is 1. The first kappa shape index (κ1) is 18.7. The molecule has 1 amide bonds. The zero-order valence-electron chi connectivity index (χ0n) is 15.0. The standard InChI is InChI=1S/C19H25ClN4O2/c1-19(5-6-19)13-26-17(16(12-21)24-9-7-22-8-10-24)18(25)23-15-4-2-3-14(20)11-15/h2-4,11-12,21-22H,5-10,13H2,1H3,(H,23,25)/b17-16-,21-12?. The van der Waals surface area contributed by atoms with Crippen LogP contribution in [0.2, 0.25) is 5.02 Å². The summed E-state index contributed by atoms with van der Waals surface area (Å²) < 4.78 is 5.96. The molecule has 1 heterocycles. The zero-order valence-corrected chi connectivity index (χ0v) is 15.7. The van der Waals surface area contributed by atoms with Crippen molar-refractivity contribution in [3.63, 3.8) is 0 Å². The predicted molar refractivity (Wildman–Crippen MR) is 104 cm³/mol. The Balaban J connectivity index is 1.83. The number of amides is 1. The molecule has 0 atom stereocenters. The fraction of sp³-hybridized carbons (Fsp3) is 0.474. The second kappa shape index (κ2) is 8.10. The van der Waals surface area contributed by atoms with Crippen molar-refractivity contribution in [2.45, 2.75) is 19.8 Å². The van der Waals surface area contributed by atoms with Crippen LogP contribution < -0.4 is 10.6 Å². The van der Waals surface area contributed by atoms with Crippen molar-refractivity contribution in [2.24, 2.45) is 5.41 Å². The van der Waals surface area contributed by atoms with Gasteiger partial charge in [-0.3, -0.25) is 4.79 Å². The van der Waals surface area contributed by atoms with Crippen LogP contribution in [-0.4, -0.2) is 49.8 Å². The van der Waals surface area contributed by atoms with Crippen LogP contribution >= 0.6 is 11.6 Å². The molecule has 0 unspecified atom stereocenters. The molecule has 6 nitrogen and oxygen atoms in total. The minimum atomic E-state index is -0.353. The highest BCUT2D eigenvalue weighted by Crippen LogP contribution is 2.45. The highest BCUT2D eigenvalue weighted by Gasteiger charge is 2.39. The lowest BCUT2D eigenvalue weighted by atomic mass is 10.2. The van der Waals surface area contributed by atoms with Gasteiger partial charge >= 0.3 is 0 Å². The third kappa shape index (κ3) is 4.77. The van der Waals surface area contributed by atoms with Gasteiger partial charge in [0.1, 0.15) is 5.70 Å². The minimum Gasteiger partial charge on any atom is -0.486 e. The Hall–Kier alpha value is -2.05. The maximum atomic E-state index is 12.9. The monoisotopic (exact) mass is 376 g/mol. The molecule has 1 aromatic carbocycles. The Bertz CT molecular complexity index is 709. The molecule has 1 aliphatic carbocycles. The van der Waals surface area contributed by atoms with E-state index in [1.54, 1.807) is 24.3 Å². The number of carbonyl (C=O) groups is 1. The molecule has 2 aliphatic rings. The van der Waals surface area contributed by atoms with E-state index in [2.05, 4.69) is 17.6 Å². The van der Waals surface area contributed by atoms with Crippen LogP contribution in [0, 0.1) is 10.8 Å². The summed E-state index contributed by atoms with van der Waals surface area (Å²) >= 11 is 6.00. The molecular weight excluding hydrogens is 352 g/mol. The molecule has 0 aromatic heterocycles. The van der Waals surface area contributed by atoms with Gasteiger partial charge in [0, 0.05) is 48.5 Å². The van der Waals surface area contributed by atoms with Crippen LogP contribution in [0.25, 0.3) is 0 Å². The quantitative estimate of drug-likeness (QED) is 0.388. The summed E-state index contributed by atoms with van der Waals surface area (Å²) in [5, 5.41) is 14.5. The highest BCUT2D eigenvalue weighted by molar-refractivity contribution is 6.31. The summed E-state index contributed by atoms with van der Waals surface area (Å²) in [5.74, 6) is -0.149. The lowest BCUT2D eigenvalue weighted by molar-refractivity contribution is -0.116. The number of benzene rings is 1. The van der Waals surface area contributed by atoms with Gasteiger partial charge in [-0.15, -0.1) is 0 Å². The first-order chi connectivity index (χ1) is 12.5. The van der Waals surface area contributed by atoms with Gasteiger partial charge in [0.2, 0.25) is 5.76 Å². The molecule has 0 radical (unpaired) electrons. The second-order valence-corrected chi connectivity index (χ2v) is 7.60. The number of carbonyl (C=O) groups excluding carboxylic acids is 1. The van der Waals surface area contributed by atoms with Crippen molar-refractivity contribution in [3.8, 4) is 0 Å². The topological polar surface area (TPSA) is 77.5 Å². The molecular formula is C19H25ClN4O2. The summed E-state index contributed by atoms with van der Waals surface area (Å²) in [6.07, 6.45) is 3.42. The fourth-order valence-electron chi connectivity index (χ4n) is 2.82. The summed E-state index contributed by atoms with van der Waals surface area (Å²) in [6.45, 7) is 5.73. The SMILES string of the molecule is CC1(CO/C(C(=O)Nc2cccc(Cl)c2)=C(/C=N)N2CCNCC2)CC1. The molecule has 1 saturated heterocycles. The predicted octanol–water partition coefficient (Wildman–Crippen LogP) is 2.86. The largest absolute Gasteiger partial charge is 0.486 e. The number of hydrogen-bond acceptors (Lipinski definition) is 5. The lowest BCUT2D eigenvalue weighted by Gasteiger charge is -2.31. The van der Waals surface area contributed by atoms with E-state index in [0.29, 0.717) is 23.0 Å². The van der Waals surface area contributed by atoms with Crippen LogP contribution in [-0.2, 0) is 9.53 Å². The van der Waals surface area contributed by atoms with Crippen molar-refractivity contribution in [1.29, 1.82) is 5.41 Å². The Kier molecular flexibility index (Phi) is 5.84. The molecule has 26 heavy (non-hydrogen) atoms. The van der Waals surface area contributed by atoms with E-state index in [4.69, 9.17) is 21.7 Å². The van der Waals surface area contributed by atoms with Gasteiger partial charge in [-0.2, -0.15) is 0 Å². The summed E-state index contributed by atoms with van der Waals surface area (Å²) in [5.41, 5.74) is 1.26. The second-order valence-electron chi connectivity index (χ2n) is 7.16. The average Bonchev–Trinajstić information content (AvgIpc) is 3.37. The highest BCUT2D eigenvalue weighted by atomic mass is 35.5. The normalized spacial score (nSPS) is 19.4. The number of anilines is 1. The van der Waals surface area contributed by atoms with E-state index in [1.165, 1.54) is 6.21 Å². The summed E-state index contributed by atoms with van der Waals surface area (Å²) in [6, 6.07) is 7.00. The summed E-state index contributed by atoms with van der Waals surface area (Å²) in [7, 11) is 0. The van der Waals surface area contributed by atoms with Crippen LogP contribution in [0.5, 0.6) is 0 Å². The van der Waals surface area contributed by atoms with Gasteiger partial charge in [0.25, 0.3) is 5.91 Å². The number of halogens is 1. The van der Waals surface area contributed by atoms with Crippen molar-refractivity contribution < 1.29 is 9.53 Å². The average molecular weight is 377 g/mol. The molecule has 2 fully saturated rings. The van der Waals surface area contributed by atoms with E-state index in [9.17, 15) is 4.79 Å². The van der Waals surface area contributed by atoms with Gasteiger partial charge in [0.15, 0.2) is 0 Å². The lowest BCUT2D eigenvalue weighted by Crippen LogP contribution is -2.44. The van der Waals surface area contributed by atoms with E-state index in [0.717, 1.165) is 39.0 Å². The van der Waals surface area contributed by atoms with E-state index in [-0.39, 0.29) is 17.1 Å². The van der Waals surface area contributed by atoms with Gasteiger partial charge in [-0.25, -0.2) is 0 Å². The van der Waals surface area contributed by atoms with Crippen LogP contribution in [0.15, 0.2) is 35.7 Å². The van der Waals surface area contributed by atoms with Crippen molar-refractivity contribution in [2.75, 3.05) is 38.1 Å². The molecule has 140 valence electrons. The van der Waals surface area contributed by atoms with E-state index >= 15 is 0 Å². The van der Waals surface area contributed by atoms with Crippen molar-refractivity contribution in [3.05, 3.63) is 40.7 Å². The zero-order chi connectivity index (χ0) is 18.6. The number of ether oxygens (including phenoxy) is 1. The molecule has 7 heteroatoms. The molecule has 0 bridgehead atoms. The van der Waals surface area contributed by atoms with Gasteiger partial charge in [-0.1, -0.05) is 24.6 Å². The van der Waals surface area contributed by atoms with E-state index in [1.807, 2.05) is 4.90 Å². The Morgan fingerprint density at radius 3 is 2.77 bits per heavy atom. The molecule has 0 spiro atoms. The van der Waals surface area contributed by atoms with Gasteiger partial charge in [0.05, 0.1) is 6.61 Å². The van der Waals surface area contributed by atoms with Crippen LogP contribution in [0.3, 0.4) is 0 Å². The molecule has 1 aromatic rings. The maximum absolute atomic E-state index is 12.9. The maximum Gasteiger partial charge on any atom is 0.293 e. The Morgan fingerprint density at radius 2 is 2.15 bits per heavy atom. The minimum absolute atomic E-state index is 0.137. The summed E-state index contributed by atoms with van der Waals surface area (Å²) in [4.78, 5) is 14.9.